The first-order valence-electron chi connectivity index (χ1n) is 5.45. The molecule has 1 saturated heterocycles. The zero-order valence-corrected chi connectivity index (χ0v) is 9.97. The van der Waals surface area contributed by atoms with Gasteiger partial charge in [0.05, 0.1) is 0 Å². The molecule has 0 aliphatic carbocycles. The Labute approximate surface area is 100 Å². The van der Waals surface area contributed by atoms with Gasteiger partial charge >= 0.3 is 0 Å². The lowest BCUT2D eigenvalue weighted by Crippen LogP contribution is -2.36. The molecule has 2 rings (SSSR count). The number of nitrogens with one attached hydrogen (secondary N) is 2. The second-order valence-electron chi connectivity index (χ2n) is 4.08. The molecule has 1 fully saturated rings. The van der Waals surface area contributed by atoms with Gasteiger partial charge in [-0.3, -0.25) is 4.79 Å². The van der Waals surface area contributed by atoms with E-state index in [4.69, 9.17) is 11.6 Å². The van der Waals surface area contributed by atoms with Gasteiger partial charge in [-0.15, -0.1) is 0 Å². The molecule has 1 atom stereocenters. The van der Waals surface area contributed by atoms with Crippen LogP contribution in [0.4, 0.5) is 0 Å². The lowest BCUT2D eigenvalue weighted by molar-refractivity contribution is 0.0939. The molecule has 0 radical (unpaired) electrons. The molecule has 1 aliphatic heterocycles. The summed E-state index contributed by atoms with van der Waals surface area (Å²) in [4.78, 5) is 12.0. The maximum Gasteiger partial charge on any atom is 0.251 e. The van der Waals surface area contributed by atoms with E-state index in [0.717, 1.165) is 25.1 Å². The fraction of sp³-hybridized carbons (Fsp3) is 0.417. The van der Waals surface area contributed by atoms with Crippen molar-refractivity contribution in [2.75, 3.05) is 13.1 Å². The van der Waals surface area contributed by atoms with Gasteiger partial charge in [0.25, 0.3) is 5.91 Å². The van der Waals surface area contributed by atoms with Gasteiger partial charge in [0.15, 0.2) is 0 Å². The molecular weight excluding hydrogens is 224 g/mol. The van der Waals surface area contributed by atoms with E-state index in [-0.39, 0.29) is 11.9 Å². The Kier molecular flexibility index (Phi) is 3.46. The van der Waals surface area contributed by atoms with Crippen molar-refractivity contribution in [2.45, 2.75) is 19.4 Å². The van der Waals surface area contributed by atoms with Crippen molar-refractivity contribution < 1.29 is 4.79 Å². The molecule has 1 unspecified atom stereocenters. The molecule has 3 nitrogen and oxygen atoms in total. The molecule has 1 aliphatic rings. The van der Waals surface area contributed by atoms with Gasteiger partial charge in [-0.05, 0) is 37.6 Å². The van der Waals surface area contributed by atoms with Crippen LogP contribution in [0.3, 0.4) is 0 Å². The Bertz CT molecular complexity index is 400. The molecule has 1 amide bonds. The van der Waals surface area contributed by atoms with Crippen molar-refractivity contribution in [3.8, 4) is 0 Å². The highest BCUT2D eigenvalue weighted by molar-refractivity contribution is 6.31. The molecule has 1 heterocycles. The number of carbonyl (C=O) groups excluding carboxylic acids is 1. The lowest BCUT2D eigenvalue weighted by Gasteiger charge is -2.13. The summed E-state index contributed by atoms with van der Waals surface area (Å²) in [5, 5.41) is 6.85. The number of carbonyl (C=O) groups is 1. The van der Waals surface area contributed by atoms with Crippen LogP contribution in [0.15, 0.2) is 18.2 Å². The zero-order chi connectivity index (χ0) is 11.5. The Morgan fingerprint density at radius 2 is 2.38 bits per heavy atom. The Balaban J connectivity index is 2.11. The Morgan fingerprint density at radius 3 is 3.06 bits per heavy atom. The minimum Gasteiger partial charge on any atom is -0.348 e. The van der Waals surface area contributed by atoms with Gasteiger partial charge in [-0.1, -0.05) is 17.7 Å². The van der Waals surface area contributed by atoms with Crippen LogP contribution >= 0.6 is 11.6 Å². The van der Waals surface area contributed by atoms with E-state index in [0.29, 0.717) is 10.6 Å². The van der Waals surface area contributed by atoms with Crippen LogP contribution in [0.5, 0.6) is 0 Å². The van der Waals surface area contributed by atoms with E-state index in [9.17, 15) is 4.79 Å². The average Bonchev–Trinajstić information content (AvgIpc) is 2.74. The molecule has 4 heteroatoms. The fourth-order valence-corrected chi connectivity index (χ4v) is 2.07. The summed E-state index contributed by atoms with van der Waals surface area (Å²) in [5.41, 5.74) is 1.51. The number of amides is 1. The van der Waals surface area contributed by atoms with E-state index in [1.807, 2.05) is 6.92 Å². The highest BCUT2D eigenvalue weighted by Crippen LogP contribution is 2.18. The van der Waals surface area contributed by atoms with E-state index in [1.165, 1.54) is 0 Å². The van der Waals surface area contributed by atoms with Gasteiger partial charge in [0, 0.05) is 23.2 Å². The zero-order valence-electron chi connectivity index (χ0n) is 9.22. The third-order valence-electron chi connectivity index (χ3n) is 2.91. The van der Waals surface area contributed by atoms with Gasteiger partial charge < -0.3 is 10.6 Å². The van der Waals surface area contributed by atoms with E-state index in [2.05, 4.69) is 10.6 Å². The van der Waals surface area contributed by atoms with Crippen LogP contribution in [-0.2, 0) is 0 Å². The van der Waals surface area contributed by atoms with Crippen molar-refractivity contribution in [3.63, 3.8) is 0 Å². The van der Waals surface area contributed by atoms with Crippen molar-refractivity contribution in [1.29, 1.82) is 0 Å². The summed E-state index contributed by atoms with van der Waals surface area (Å²) in [6, 6.07) is 5.65. The molecule has 0 bridgehead atoms. The largest absolute Gasteiger partial charge is 0.348 e. The number of rotatable bonds is 2. The molecule has 1 aromatic rings. The van der Waals surface area contributed by atoms with Crippen LogP contribution in [0.25, 0.3) is 0 Å². The van der Waals surface area contributed by atoms with Crippen LogP contribution < -0.4 is 10.6 Å². The molecule has 0 aromatic heterocycles. The standard InChI is InChI=1S/C12H15ClN2O/c1-8-10(3-2-4-11(8)13)12(16)15-9-5-6-14-7-9/h2-4,9,14H,5-7H2,1H3,(H,15,16). The topological polar surface area (TPSA) is 41.1 Å². The highest BCUT2D eigenvalue weighted by atomic mass is 35.5. The molecule has 0 saturated carbocycles. The van der Waals surface area contributed by atoms with Crippen LogP contribution in [0.2, 0.25) is 5.02 Å². The average molecular weight is 239 g/mol. The van der Waals surface area contributed by atoms with Gasteiger partial charge in [0.2, 0.25) is 0 Å². The third kappa shape index (κ3) is 2.36. The molecule has 16 heavy (non-hydrogen) atoms. The second-order valence-corrected chi connectivity index (χ2v) is 4.48. The summed E-state index contributed by atoms with van der Waals surface area (Å²) < 4.78 is 0. The summed E-state index contributed by atoms with van der Waals surface area (Å²) in [7, 11) is 0. The van der Waals surface area contributed by atoms with Crippen molar-refractivity contribution in [1.82, 2.24) is 10.6 Å². The van der Waals surface area contributed by atoms with Crippen LogP contribution in [0.1, 0.15) is 22.3 Å². The van der Waals surface area contributed by atoms with Gasteiger partial charge in [-0.25, -0.2) is 0 Å². The van der Waals surface area contributed by atoms with E-state index < -0.39 is 0 Å². The quantitative estimate of drug-likeness (QED) is 0.824. The minimum atomic E-state index is -0.0336. The number of hydrogen-bond acceptors (Lipinski definition) is 2. The summed E-state index contributed by atoms with van der Waals surface area (Å²) in [6.07, 6.45) is 0.991. The first-order chi connectivity index (χ1) is 7.68. The predicted molar refractivity (Wildman–Crippen MR) is 64.9 cm³/mol. The third-order valence-corrected chi connectivity index (χ3v) is 3.32. The molecule has 86 valence electrons. The number of halogens is 1. The molecular formula is C12H15ClN2O. The van der Waals surface area contributed by atoms with Crippen molar-refractivity contribution in [3.05, 3.63) is 34.3 Å². The number of hydrogen-bond donors (Lipinski definition) is 2. The first-order valence-corrected chi connectivity index (χ1v) is 5.83. The normalized spacial score (nSPS) is 19.8. The van der Waals surface area contributed by atoms with Crippen molar-refractivity contribution in [2.24, 2.45) is 0 Å². The van der Waals surface area contributed by atoms with Crippen LogP contribution in [-0.4, -0.2) is 25.0 Å². The predicted octanol–water partition coefficient (Wildman–Crippen LogP) is 1.74. The Morgan fingerprint density at radius 1 is 1.56 bits per heavy atom. The molecule has 1 aromatic carbocycles. The first kappa shape index (κ1) is 11.4. The van der Waals surface area contributed by atoms with E-state index >= 15 is 0 Å². The number of benzene rings is 1. The maximum atomic E-state index is 12.0. The van der Waals surface area contributed by atoms with Crippen molar-refractivity contribution >= 4 is 17.5 Å². The summed E-state index contributed by atoms with van der Waals surface area (Å²) in [5.74, 6) is -0.0336. The van der Waals surface area contributed by atoms with Crippen LogP contribution in [0, 0.1) is 6.92 Å². The fourth-order valence-electron chi connectivity index (χ4n) is 1.89. The summed E-state index contributed by atoms with van der Waals surface area (Å²) >= 11 is 5.98. The van der Waals surface area contributed by atoms with Gasteiger partial charge in [-0.2, -0.15) is 0 Å². The monoisotopic (exact) mass is 238 g/mol. The SMILES string of the molecule is Cc1c(Cl)cccc1C(=O)NC1CCNC1. The van der Waals surface area contributed by atoms with E-state index in [1.54, 1.807) is 18.2 Å². The maximum absolute atomic E-state index is 12.0. The highest BCUT2D eigenvalue weighted by Gasteiger charge is 2.18. The van der Waals surface area contributed by atoms with Gasteiger partial charge in [0.1, 0.15) is 0 Å². The second kappa shape index (κ2) is 4.85. The Hall–Kier alpha value is -1.06. The molecule has 2 N–H and O–H groups in total. The molecule has 0 spiro atoms. The minimum absolute atomic E-state index is 0.0336. The lowest BCUT2D eigenvalue weighted by atomic mass is 10.1. The smallest absolute Gasteiger partial charge is 0.251 e. The summed E-state index contributed by atoms with van der Waals surface area (Å²) in [6.45, 7) is 3.69.